The summed E-state index contributed by atoms with van der Waals surface area (Å²) in [4.78, 5) is 4.11. The molecule has 0 radical (unpaired) electrons. The van der Waals surface area contributed by atoms with Crippen LogP contribution in [0, 0.1) is 28.6 Å². The summed E-state index contributed by atoms with van der Waals surface area (Å²) in [5.74, 6) is 2.64. The number of aromatic nitrogens is 1. The molecule has 5 rings (SSSR count). The lowest BCUT2D eigenvalue weighted by Crippen LogP contribution is -2.50. The van der Waals surface area contributed by atoms with Crippen LogP contribution in [0.3, 0.4) is 0 Å². The summed E-state index contributed by atoms with van der Waals surface area (Å²) in [5.41, 5.74) is 5.51. The summed E-state index contributed by atoms with van der Waals surface area (Å²) < 4.78 is 6.32. The number of nitrogens with zero attached hydrogens (tertiary/aromatic N) is 1. The van der Waals surface area contributed by atoms with E-state index in [0.717, 1.165) is 24.2 Å². The van der Waals surface area contributed by atoms with Crippen molar-refractivity contribution < 1.29 is 4.74 Å². The van der Waals surface area contributed by atoms with E-state index in [0.29, 0.717) is 23.5 Å². The van der Waals surface area contributed by atoms with E-state index >= 15 is 0 Å². The molecule has 1 heterocycles. The Hall–Kier alpha value is -1.41. The molecule has 6 atom stereocenters. The summed E-state index contributed by atoms with van der Waals surface area (Å²) in [5, 5.41) is 0. The van der Waals surface area contributed by atoms with Crippen LogP contribution in [-0.4, -0.2) is 11.1 Å². The fourth-order valence-corrected chi connectivity index (χ4v) is 7.24. The van der Waals surface area contributed by atoms with Gasteiger partial charge in [-0.1, -0.05) is 37.1 Å². The topological polar surface area (TPSA) is 22.1 Å². The molecule has 4 aliphatic carbocycles. The molecule has 3 unspecified atom stereocenters. The molecule has 2 nitrogen and oxygen atoms in total. The van der Waals surface area contributed by atoms with Gasteiger partial charge in [-0.05, 0) is 98.1 Å². The van der Waals surface area contributed by atoms with Gasteiger partial charge in [0.1, 0.15) is 0 Å². The molecule has 0 aliphatic heterocycles. The zero-order valence-corrected chi connectivity index (χ0v) is 17.8. The molecule has 0 N–H and O–H groups in total. The van der Waals surface area contributed by atoms with Crippen LogP contribution in [0.1, 0.15) is 71.3 Å². The number of hydrogen-bond donors (Lipinski definition) is 0. The van der Waals surface area contributed by atoms with E-state index in [1.54, 1.807) is 11.1 Å². The summed E-state index contributed by atoms with van der Waals surface area (Å²) >= 11 is 0. The van der Waals surface area contributed by atoms with Gasteiger partial charge in [0.25, 0.3) is 0 Å². The average Bonchev–Trinajstić information content (AvgIpc) is 3.02. The molecule has 1 aromatic heterocycles. The van der Waals surface area contributed by atoms with Gasteiger partial charge in [0, 0.05) is 12.4 Å². The summed E-state index contributed by atoms with van der Waals surface area (Å²) in [6, 6.07) is 4.13. The predicted octanol–water partition coefficient (Wildman–Crippen LogP) is 6.49. The lowest BCUT2D eigenvalue weighted by atomic mass is 9.47. The fourth-order valence-electron chi connectivity index (χ4n) is 7.24. The van der Waals surface area contributed by atoms with E-state index in [9.17, 15) is 0 Å². The van der Waals surface area contributed by atoms with E-state index in [2.05, 4.69) is 50.0 Å². The van der Waals surface area contributed by atoms with Crippen molar-refractivity contribution >= 4 is 0 Å². The van der Waals surface area contributed by atoms with Crippen molar-refractivity contribution in [2.75, 3.05) is 0 Å². The Morgan fingerprint density at radius 2 is 1.79 bits per heavy atom. The van der Waals surface area contributed by atoms with Crippen LogP contribution in [0.5, 0.6) is 0 Å². The van der Waals surface area contributed by atoms with Crippen molar-refractivity contribution in [3.05, 3.63) is 53.4 Å². The molecule has 2 saturated carbocycles. The van der Waals surface area contributed by atoms with Gasteiger partial charge in [0.15, 0.2) is 0 Å². The van der Waals surface area contributed by atoms with Crippen molar-refractivity contribution in [3.63, 3.8) is 0 Å². The van der Waals surface area contributed by atoms with Crippen LogP contribution >= 0.6 is 0 Å². The van der Waals surface area contributed by atoms with Gasteiger partial charge in [-0.2, -0.15) is 0 Å². The van der Waals surface area contributed by atoms with Crippen LogP contribution in [0.15, 0.2) is 47.8 Å². The third kappa shape index (κ3) is 2.83. The smallest absolute Gasteiger partial charge is 0.0721 e. The molecule has 0 aromatic carbocycles. The highest BCUT2D eigenvalue weighted by Gasteiger charge is 2.56. The molecule has 0 saturated heterocycles. The third-order valence-corrected chi connectivity index (χ3v) is 9.26. The second kappa shape index (κ2) is 6.83. The van der Waals surface area contributed by atoms with E-state index in [1.165, 1.54) is 44.1 Å². The Labute approximate surface area is 170 Å². The molecular weight excluding hydrogens is 342 g/mol. The number of pyridine rings is 1. The molecular formula is C26H35NO. The number of rotatable bonds is 3. The Kier molecular flexibility index (Phi) is 4.54. The first-order valence-corrected chi connectivity index (χ1v) is 11.4. The molecule has 150 valence electrons. The first kappa shape index (κ1) is 18.6. The van der Waals surface area contributed by atoms with Gasteiger partial charge >= 0.3 is 0 Å². The van der Waals surface area contributed by atoms with E-state index in [4.69, 9.17) is 4.74 Å². The predicted molar refractivity (Wildman–Crippen MR) is 114 cm³/mol. The lowest BCUT2D eigenvalue weighted by molar-refractivity contribution is -0.0456. The molecule has 1 aromatic rings. The first-order chi connectivity index (χ1) is 13.5. The van der Waals surface area contributed by atoms with Crippen LogP contribution in [0.2, 0.25) is 0 Å². The maximum Gasteiger partial charge on any atom is 0.0721 e. The SMILES string of the molecule is CC1=CCC2C3CC=C4C[C@@H](OCc5ccncc5)CC[C@]4(C)C3CC[C@]12C. The third-order valence-electron chi connectivity index (χ3n) is 9.26. The monoisotopic (exact) mass is 377 g/mol. The minimum Gasteiger partial charge on any atom is -0.373 e. The number of allylic oxidation sites excluding steroid dienone is 3. The van der Waals surface area contributed by atoms with Crippen LogP contribution in [0.4, 0.5) is 0 Å². The largest absolute Gasteiger partial charge is 0.373 e. The molecule has 4 aliphatic rings. The van der Waals surface area contributed by atoms with E-state index < -0.39 is 0 Å². The van der Waals surface area contributed by atoms with Crippen molar-refractivity contribution in [2.45, 2.75) is 78.4 Å². The molecule has 2 fully saturated rings. The molecule has 28 heavy (non-hydrogen) atoms. The number of hydrogen-bond acceptors (Lipinski definition) is 2. The van der Waals surface area contributed by atoms with Gasteiger partial charge < -0.3 is 4.74 Å². The first-order valence-electron chi connectivity index (χ1n) is 11.4. The quantitative estimate of drug-likeness (QED) is 0.562. The van der Waals surface area contributed by atoms with Crippen LogP contribution < -0.4 is 0 Å². The van der Waals surface area contributed by atoms with Gasteiger partial charge in [-0.25, -0.2) is 0 Å². The van der Waals surface area contributed by atoms with Gasteiger partial charge in [-0.15, -0.1) is 0 Å². The maximum absolute atomic E-state index is 6.32. The summed E-state index contributed by atoms with van der Waals surface area (Å²) in [6.45, 7) is 8.25. The van der Waals surface area contributed by atoms with Crippen molar-refractivity contribution in [2.24, 2.45) is 28.6 Å². The lowest BCUT2D eigenvalue weighted by Gasteiger charge is -2.57. The second-order valence-electron chi connectivity index (χ2n) is 10.4. The zero-order chi connectivity index (χ0) is 19.4. The van der Waals surface area contributed by atoms with Crippen LogP contribution in [-0.2, 0) is 11.3 Å². The van der Waals surface area contributed by atoms with Crippen molar-refractivity contribution in [1.82, 2.24) is 4.98 Å². The second-order valence-corrected chi connectivity index (χ2v) is 10.4. The molecule has 2 heteroatoms. The van der Waals surface area contributed by atoms with Crippen molar-refractivity contribution in [1.29, 1.82) is 0 Å². The Balaban J connectivity index is 1.30. The zero-order valence-electron chi connectivity index (χ0n) is 17.8. The van der Waals surface area contributed by atoms with E-state index in [1.807, 2.05) is 12.4 Å². The molecule has 0 amide bonds. The minimum atomic E-state index is 0.383. The van der Waals surface area contributed by atoms with Crippen LogP contribution in [0.25, 0.3) is 0 Å². The Bertz CT molecular complexity index is 796. The maximum atomic E-state index is 6.32. The molecule has 0 bridgehead atoms. The highest BCUT2D eigenvalue weighted by atomic mass is 16.5. The van der Waals surface area contributed by atoms with Gasteiger partial charge in [0.05, 0.1) is 12.7 Å². The highest BCUT2D eigenvalue weighted by molar-refractivity contribution is 5.29. The summed E-state index contributed by atoms with van der Waals surface area (Å²) in [7, 11) is 0. The van der Waals surface area contributed by atoms with E-state index in [-0.39, 0.29) is 0 Å². The highest BCUT2D eigenvalue weighted by Crippen LogP contribution is 2.64. The summed E-state index contributed by atoms with van der Waals surface area (Å²) in [6.07, 6.45) is 18.4. The van der Waals surface area contributed by atoms with Crippen molar-refractivity contribution in [3.8, 4) is 0 Å². The Morgan fingerprint density at radius 1 is 1.00 bits per heavy atom. The number of fused-ring (bicyclic) bond motifs is 5. The fraction of sp³-hybridized carbons (Fsp3) is 0.654. The normalized spacial score (nSPS) is 42.1. The number of ether oxygens (including phenoxy) is 1. The molecule has 0 spiro atoms. The average molecular weight is 378 g/mol. The van der Waals surface area contributed by atoms with Gasteiger partial charge in [0.2, 0.25) is 0 Å². The minimum absolute atomic E-state index is 0.383. The van der Waals surface area contributed by atoms with Gasteiger partial charge in [-0.3, -0.25) is 4.98 Å². The standard InChI is InChI=1S/C26H35NO/c1-18-4-7-23-22-6-5-20-16-21(28-17-19-10-14-27-15-11-19)8-12-26(20,3)24(22)9-13-25(18,23)2/h4-5,10-11,14-15,21-24H,6-9,12-13,16-17H2,1-3H3/t21-,22?,23?,24?,25+,26-/m0/s1. The Morgan fingerprint density at radius 3 is 2.61 bits per heavy atom.